The van der Waals surface area contributed by atoms with Crippen LogP contribution in [0.5, 0.6) is 11.5 Å². The Hall–Kier alpha value is -3.46. The lowest BCUT2D eigenvalue weighted by Crippen LogP contribution is -2.23. The van der Waals surface area contributed by atoms with Crippen molar-refractivity contribution in [1.29, 1.82) is 0 Å². The van der Waals surface area contributed by atoms with Gasteiger partial charge in [-0.3, -0.25) is 14.6 Å². The molecule has 1 aromatic carbocycles. The van der Waals surface area contributed by atoms with Crippen LogP contribution in [-0.2, 0) is 6.54 Å². The van der Waals surface area contributed by atoms with Crippen LogP contribution in [0.4, 0.5) is 5.69 Å². The minimum atomic E-state index is -0.430. The Morgan fingerprint density at radius 1 is 1.07 bits per heavy atom. The van der Waals surface area contributed by atoms with Crippen LogP contribution in [0.2, 0.25) is 0 Å². The van der Waals surface area contributed by atoms with Gasteiger partial charge in [0, 0.05) is 18.9 Å². The molecule has 0 aliphatic carbocycles. The number of hydrogen-bond donors (Lipinski definition) is 2. The first-order valence-corrected chi connectivity index (χ1v) is 9.14. The number of ether oxygens (including phenoxy) is 2. The van der Waals surface area contributed by atoms with Crippen LogP contribution < -0.4 is 20.1 Å². The third kappa shape index (κ3) is 4.44. The largest absolute Gasteiger partial charge is 0.493 e. The highest BCUT2D eigenvalue weighted by Gasteiger charge is 2.17. The zero-order valence-corrected chi connectivity index (χ0v) is 16.1. The molecule has 2 aromatic heterocycles. The van der Waals surface area contributed by atoms with Gasteiger partial charge in [-0.2, -0.15) is 0 Å². The second kappa shape index (κ2) is 8.96. The number of nitrogens with zero attached hydrogens (tertiary/aromatic N) is 2. The lowest BCUT2D eigenvalue weighted by molar-refractivity contribution is 0.0955. The van der Waals surface area contributed by atoms with E-state index >= 15 is 0 Å². The highest BCUT2D eigenvalue weighted by Crippen LogP contribution is 2.28. The normalized spacial score (nSPS) is 10.2. The van der Waals surface area contributed by atoms with E-state index in [9.17, 15) is 9.59 Å². The monoisotopic (exact) mass is 398 g/mol. The van der Waals surface area contributed by atoms with Gasteiger partial charge in [-0.25, -0.2) is 4.98 Å². The number of thiophene rings is 1. The molecule has 0 aliphatic rings. The maximum Gasteiger partial charge on any atom is 0.275 e. The number of rotatable bonds is 7. The van der Waals surface area contributed by atoms with Crippen molar-refractivity contribution in [3.05, 3.63) is 64.4 Å². The highest BCUT2D eigenvalue weighted by atomic mass is 32.1. The van der Waals surface area contributed by atoms with Gasteiger partial charge in [0.1, 0.15) is 10.6 Å². The van der Waals surface area contributed by atoms with Crippen molar-refractivity contribution in [3.63, 3.8) is 0 Å². The molecule has 8 nitrogen and oxygen atoms in total. The smallest absolute Gasteiger partial charge is 0.275 e. The van der Waals surface area contributed by atoms with E-state index in [4.69, 9.17) is 9.47 Å². The first-order chi connectivity index (χ1) is 13.6. The van der Waals surface area contributed by atoms with E-state index in [1.807, 2.05) is 6.07 Å². The van der Waals surface area contributed by atoms with Gasteiger partial charge in [-0.1, -0.05) is 6.07 Å². The summed E-state index contributed by atoms with van der Waals surface area (Å²) in [4.78, 5) is 33.0. The fraction of sp³-hybridized carbons (Fsp3) is 0.158. The van der Waals surface area contributed by atoms with Crippen LogP contribution in [-0.4, -0.2) is 36.0 Å². The third-order valence-electron chi connectivity index (χ3n) is 3.82. The molecule has 9 heteroatoms. The predicted molar refractivity (Wildman–Crippen MR) is 105 cm³/mol. The van der Waals surface area contributed by atoms with Crippen molar-refractivity contribution in [2.24, 2.45) is 0 Å². The molecule has 0 unspecified atom stereocenters. The van der Waals surface area contributed by atoms with Crippen LogP contribution in [0.3, 0.4) is 0 Å². The quantitative estimate of drug-likeness (QED) is 0.634. The lowest BCUT2D eigenvalue weighted by Gasteiger charge is -2.11. The topological polar surface area (TPSA) is 102 Å². The van der Waals surface area contributed by atoms with Gasteiger partial charge < -0.3 is 20.1 Å². The molecule has 144 valence electrons. The number of methoxy groups -OCH3 is 2. The molecular formula is C19H18N4O4S. The Morgan fingerprint density at radius 3 is 2.61 bits per heavy atom. The van der Waals surface area contributed by atoms with E-state index in [0.717, 1.165) is 5.56 Å². The zero-order valence-electron chi connectivity index (χ0n) is 15.3. The molecule has 0 saturated heterocycles. The SMILES string of the molecule is COc1ccc(CNC(=O)c2sccc2NC(=O)c2cnccn2)cc1OC. The first-order valence-electron chi connectivity index (χ1n) is 8.26. The van der Waals surface area contributed by atoms with Crippen molar-refractivity contribution in [1.82, 2.24) is 15.3 Å². The molecule has 0 atom stereocenters. The summed E-state index contributed by atoms with van der Waals surface area (Å²) < 4.78 is 10.5. The van der Waals surface area contributed by atoms with Gasteiger partial charge in [0.2, 0.25) is 0 Å². The number of amides is 2. The standard InChI is InChI=1S/C19H18N4O4S/c1-26-15-4-3-12(9-16(15)27-2)10-22-19(25)17-13(5-8-28-17)23-18(24)14-11-20-6-7-21-14/h3-9,11H,10H2,1-2H3,(H,22,25)(H,23,24). The van der Waals surface area contributed by atoms with Gasteiger partial charge in [-0.15, -0.1) is 11.3 Å². The number of hydrogen-bond acceptors (Lipinski definition) is 7. The minimum absolute atomic E-state index is 0.172. The number of benzene rings is 1. The molecule has 2 amide bonds. The average Bonchev–Trinajstić information content (AvgIpc) is 3.20. The Balaban J connectivity index is 1.66. The van der Waals surface area contributed by atoms with Gasteiger partial charge in [0.25, 0.3) is 11.8 Å². The van der Waals surface area contributed by atoms with Crippen molar-refractivity contribution in [2.75, 3.05) is 19.5 Å². The van der Waals surface area contributed by atoms with Crippen LogP contribution in [0.25, 0.3) is 0 Å². The number of anilines is 1. The van der Waals surface area contributed by atoms with E-state index in [0.29, 0.717) is 28.6 Å². The number of carbonyl (C=O) groups excluding carboxylic acids is 2. The molecule has 2 heterocycles. The molecule has 0 fully saturated rings. The zero-order chi connectivity index (χ0) is 19.9. The highest BCUT2D eigenvalue weighted by molar-refractivity contribution is 7.12. The third-order valence-corrected chi connectivity index (χ3v) is 4.73. The van der Waals surface area contributed by atoms with Crippen LogP contribution in [0, 0.1) is 0 Å². The van der Waals surface area contributed by atoms with Crippen molar-refractivity contribution < 1.29 is 19.1 Å². The fourth-order valence-electron chi connectivity index (χ4n) is 2.44. The Kier molecular flexibility index (Phi) is 6.18. The minimum Gasteiger partial charge on any atom is -0.493 e. The second-order valence-corrected chi connectivity index (χ2v) is 6.50. The Morgan fingerprint density at radius 2 is 1.89 bits per heavy atom. The Labute approximate surface area is 165 Å². The van der Waals surface area contributed by atoms with Gasteiger partial charge in [0.05, 0.1) is 26.1 Å². The van der Waals surface area contributed by atoms with E-state index in [-0.39, 0.29) is 11.6 Å². The van der Waals surface area contributed by atoms with Crippen molar-refractivity contribution in [3.8, 4) is 11.5 Å². The molecular weight excluding hydrogens is 380 g/mol. The maximum atomic E-state index is 12.6. The Bertz CT molecular complexity index is 975. The summed E-state index contributed by atoms with van der Waals surface area (Å²) in [6, 6.07) is 7.08. The summed E-state index contributed by atoms with van der Waals surface area (Å²) in [6.07, 6.45) is 4.27. The molecule has 2 N–H and O–H groups in total. The second-order valence-electron chi connectivity index (χ2n) is 5.58. The van der Waals surface area contributed by atoms with Crippen molar-refractivity contribution >= 4 is 28.8 Å². The molecule has 0 radical (unpaired) electrons. The average molecular weight is 398 g/mol. The van der Waals surface area contributed by atoms with Gasteiger partial charge in [-0.05, 0) is 29.1 Å². The molecule has 0 spiro atoms. The molecule has 0 aliphatic heterocycles. The summed E-state index contributed by atoms with van der Waals surface area (Å²) in [5.74, 6) is 0.479. The summed E-state index contributed by atoms with van der Waals surface area (Å²) in [7, 11) is 3.12. The molecule has 3 aromatic rings. The molecule has 28 heavy (non-hydrogen) atoms. The fourth-order valence-corrected chi connectivity index (χ4v) is 3.20. The van der Waals surface area contributed by atoms with Crippen LogP contribution in [0.1, 0.15) is 25.7 Å². The summed E-state index contributed by atoms with van der Waals surface area (Å²) in [5.41, 5.74) is 1.45. The van der Waals surface area contributed by atoms with Gasteiger partial charge >= 0.3 is 0 Å². The predicted octanol–water partition coefficient (Wildman–Crippen LogP) is 2.74. The molecule has 0 bridgehead atoms. The van der Waals surface area contributed by atoms with Crippen LogP contribution in [0.15, 0.2) is 48.2 Å². The van der Waals surface area contributed by atoms with E-state index in [2.05, 4.69) is 20.6 Å². The van der Waals surface area contributed by atoms with E-state index < -0.39 is 5.91 Å². The summed E-state index contributed by atoms with van der Waals surface area (Å²) >= 11 is 1.24. The number of carbonyl (C=O) groups is 2. The maximum absolute atomic E-state index is 12.6. The molecule has 3 rings (SSSR count). The first kappa shape index (κ1) is 19.3. The van der Waals surface area contributed by atoms with Crippen molar-refractivity contribution in [2.45, 2.75) is 6.54 Å². The lowest BCUT2D eigenvalue weighted by atomic mass is 10.2. The molecule has 0 saturated carbocycles. The van der Waals surface area contributed by atoms with Crippen LogP contribution >= 0.6 is 11.3 Å². The van der Waals surface area contributed by atoms with Gasteiger partial charge in [0.15, 0.2) is 11.5 Å². The van der Waals surface area contributed by atoms with E-state index in [1.165, 1.54) is 29.9 Å². The van der Waals surface area contributed by atoms with E-state index in [1.54, 1.807) is 37.8 Å². The number of aromatic nitrogens is 2. The summed E-state index contributed by atoms with van der Waals surface area (Å²) in [5, 5.41) is 7.26. The summed E-state index contributed by atoms with van der Waals surface area (Å²) in [6.45, 7) is 0.300. The number of nitrogens with one attached hydrogen (secondary N) is 2.